The highest BCUT2D eigenvalue weighted by atomic mass is 127. The summed E-state index contributed by atoms with van der Waals surface area (Å²) in [7, 11) is 3.44. The highest BCUT2D eigenvalue weighted by molar-refractivity contribution is 14.0. The minimum absolute atomic E-state index is 0. The Morgan fingerprint density at radius 2 is 1.88 bits per heavy atom. The van der Waals surface area contributed by atoms with E-state index in [2.05, 4.69) is 31.8 Å². The number of guanidine groups is 1. The molecular formula is C18H28IN5O2. The van der Waals surface area contributed by atoms with Crippen LogP contribution in [0.5, 0.6) is 5.75 Å². The standard InChI is InChI=1S/C18H27N5O2.HI/c1-13(2)17-22-16(25-23-17)10-12-21-18(19-3)20-11-9-14-7-5-6-8-15(14)24-4;/h5-8,13H,9-12H2,1-4H3,(H2,19,20,21);1H. The number of hydrogen-bond donors (Lipinski definition) is 2. The first-order chi connectivity index (χ1) is 12.1. The molecule has 2 aromatic rings. The average Bonchev–Trinajstić information content (AvgIpc) is 3.10. The number of aliphatic imine (C=N–C) groups is 1. The van der Waals surface area contributed by atoms with Gasteiger partial charge in [-0.1, -0.05) is 37.2 Å². The maximum Gasteiger partial charge on any atom is 0.228 e. The zero-order chi connectivity index (χ0) is 18.1. The lowest BCUT2D eigenvalue weighted by atomic mass is 10.1. The summed E-state index contributed by atoms with van der Waals surface area (Å²) < 4.78 is 10.6. The summed E-state index contributed by atoms with van der Waals surface area (Å²) in [6.07, 6.45) is 1.51. The van der Waals surface area contributed by atoms with Crippen LogP contribution in [0, 0.1) is 0 Å². The van der Waals surface area contributed by atoms with Crippen LogP contribution in [0.3, 0.4) is 0 Å². The van der Waals surface area contributed by atoms with E-state index in [-0.39, 0.29) is 29.9 Å². The van der Waals surface area contributed by atoms with E-state index in [1.54, 1.807) is 14.2 Å². The van der Waals surface area contributed by atoms with Gasteiger partial charge >= 0.3 is 0 Å². The summed E-state index contributed by atoms with van der Waals surface area (Å²) in [5.41, 5.74) is 1.17. The molecule has 2 rings (SSSR count). The van der Waals surface area contributed by atoms with Gasteiger partial charge in [0, 0.05) is 32.5 Å². The van der Waals surface area contributed by atoms with E-state index in [0.29, 0.717) is 18.9 Å². The van der Waals surface area contributed by atoms with E-state index in [0.717, 1.165) is 30.5 Å². The summed E-state index contributed by atoms with van der Waals surface area (Å²) in [5, 5.41) is 10.5. The summed E-state index contributed by atoms with van der Waals surface area (Å²) >= 11 is 0. The topological polar surface area (TPSA) is 84.6 Å². The number of nitrogens with zero attached hydrogens (tertiary/aromatic N) is 3. The quantitative estimate of drug-likeness (QED) is 0.349. The molecule has 0 fully saturated rings. The van der Waals surface area contributed by atoms with Crippen molar-refractivity contribution in [1.29, 1.82) is 0 Å². The van der Waals surface area contributed by atoms with Gasteiger partial charge in [0.25, 0.3) is 0 Å². The number of ether oxygens (including phenoxy) is 1. The molecule has 0 unspecified atom stereocenters. The van der Waals surface area contributed by atoms with Crippen molar-refractivity contribution in [3.63, 3.8) is 0 Å². The van der Waals surface area contributed by atoms with E-state index in [1.807, 2.05) is 32.0 Å². The monoisotopic (exact) mass is 473 g/mol. The Balaban J connectivity index is 0.00000338. The number of aromatic nitrogens is 2. The third-order valence-corrected chi connectivity index (χ3v) is 3.73. The fraction of sp³-hybridized carbons (Fsp3) is 0.500. The van der Waals surface area contributed by atoms with Gasteiger partial charge in [0.15, 0.2) is 11.8 Å². The van der Waals surface area contributed by atoms with Crippen molar-refractivity contribution < 1.29 is 9.26 Å². The highest BCUT2D eigenvalue weighted by Crippen LogP contribution is 2.17. The Morgan fingerprint density at radius 3 is 2.50 bits per heavy atom. The zero-order valence-electron chi connectivity index (χ0n) is 15.8. The fourth-order valence-corrected chi connectivity index (χ4v) is 2.34. The van der Waals surface area contributed by atoms with Crippen molar-refractivity contribution in [2.75, 3.05) is 27.2 Å². The van der Waals surface area contributed by atoms with Gasteiger partial charge in [0.2, 0.25) is 5.89 Å². The lowest BCUT2D eigenvalue weighted by Gasteiger charge is -2.12. The molecule has 1 aromatic heterocycles. The minimum atomic E-state index is 0. The van der Waals surface area contributed by atoms with Gasteiger partial charge in [-0.15, -0.1) is 24.0 Å². The molecule has 0 spiro atoms. The summed E-state index contributed by atoms with van der Waals surface area (Å²) in [6.45, 7) is 5.52. The molecule has 0 atom stereocenters. The molecular weight excluding hydrogens is 445 g/mol. The van der Waals surface area contributed by atoms with Crippen LogP contribution in [0.15, 0.2) is 33.8 Å². The fourth-order valence-electron chi connectivity index (χ4n) is 2.34. The van der Waals surface area contributed by atoms with Crippen LogP contribution in [-0.4, -0.2) is 43.3 Å². The molecule has 0 radical (unpaired) electrons. The van der Waals surface area contributed by atoms with Crippen LogP contribution in [-0.2, 0) is 12.8 Å². The number of benzene rings is 1. The second-order valence-electron chi connectivity index (χ2n) is 5.94. The molecule has 7 nitrogen and oxygen atoms in total. The number of rotatable bonds is 8. The Hall–Kier alpha value is -1.84. The highest BCUT2D eigenvalue weighted by Gasteiger charge is 2.09. The molecule has 8 heteroatoms. The van der Waals surface area contributed by atoms with Gasteiger partial charge in [0.1, 0.15) is 5.75 Å². The van der Waals surface area contributed by atoms with Gasteiger partial charge < -0.3 is 19.9 Å². The van der Waals surface area contributed by atoms with Crippen molar-refractivity contribution in [3.05, 3.63) is 41.5 Å². The Kier molecular flexibility index (Phi) is 10.0. The first-order valence-electron chi connectivity index (χ1n) is 8.53. The molecule has 144 valence electrons. The third kappa shape index (κ3) is 6.81. The lowest BCUT2D eigenvalue weighted by Crippen LogP contribution is -2.39. The molecule has 0 saturated heterocycles. The molecule has 0 aliphatic heterocycles. The Bertz CT molecular complexity index is 688. The second-order valence-corrected chi connectivity index (χ2v) is 5.94. The molecule has 0 aliphatic rings. The van der Waals surface area contributed by atoms with Gasteiger partial charge in [-0.3, -0.25) is 4.99 Å². The number of hydrogen-bond acceptors (Lipinski definition) is 5. The van der Waals surface area contributed by atoms with Gasteiger partial charge in [0.05, 0.1) is 7.11 Å². The molecule has 2 N–H and O–H groups in total. The van der Waals surface area contributed by atoms with Crippen molar-refractivity contribution in [2.24, 2.45) is 4.99 Å². The molecule has 0 amide bonds. The maximum absolute atomic E-state index is 5.36. The van der Waals surface area contributed by atoms with E-state index in [9.17, 15) is 0 Å². The predicted octanol–water partition coefficient (Wildman–Crippen LogP) is 2.77. The number of halogens is 1. The Morgan fingerprint density at radius 1 is 1.19 bits per heavy atom. The summed E-state index contributed by atoms with van der Waals surface area (Å²) in [5.74, 6) is 3.31. The zero-order valence-corrected chi connectivity index (χ0v) is 18.1. The predicted molar refractivity (Wildman–Crippen MR) is 114 cm³/mol. The van der Waals surface area contributed by atoms with Crippen LogP contribution >= 0.6 is 24.0 Å². The first kappa shape index (κ1) is 22.2. The van der Waals surface area contributed by atoms with Crippen molar-refractivity contribution in [1.82, 2.24) is 20.8 Å². The molecule has 0 saturated carbocycles. The Labute approximate surface area is 172 Å². The largest absolute Gasteiger partial charge is 0.496 e. The number of nitrogens with one attached hydrogen (secondary N) is 2. The average molecular weight is 473 g/mol. The van der Waals surface area contributed by atoms with E-state index < -0.39 is 0 Å². The van der Waals surface area contributed by atoms with Crippen LogP contribution in [0.1, 0.15) is 37.0 Å². The normalized spacial score (nSPS) is 11.2. The van der Waals surface area contributed by atoms with Crippen LogP contribution in [0.4, 0.5) is 0 Å². The second kappa shape index (κ2) is 11.7. The van der Waals surface area contributed by atoms with Crippen LogP contribution in [0.2, 0.25) is 0 Å². The lowest BCUT2D eigenvalue weighted by molar-refractivity contribution is 0.371. The van der Waals surface area contributed by atoms with E-state index >= 15 is 0 Å². The van der Waals surface area contributed by atoms with Crippen molar-refractivity contribution in [2.45, 2.75) is 32.6 Å². The van der Waals surface area contributed by atoms with Crippen LogP contribution < -0.4 is 15.4 Å². The molecule has 0 bridgehead atoms. The molecule has 0 aliphatic carbocycles. The van der Waals surface area contributed by atoms with Crippen LogP contribution in [0.25, 0.3) is 0 Å². The van der Waals surface area contributed by atoms with E-state index in [1.165, 1.54) is 5.56 Å². The van der Waals surface area contributed by atoms with Gasteiger partial charge in [-0.05, 0) is 18.1 Å². The number of para-hydroxylation sites is 1. The molecule has 26 heavy (non-hydrogen) atoms. The maximum atomic E-state index is 5.36. The SMILES string of the molecule is CN=C(NCCc1nc(C(C)C)no1)NCCc1ccccc1OC.I. The molecule has 1 heterocycles. The number of methoxy groups -OCH3 is 1. The summed E-state index contributed by atoms with van der Waals surface area (Å²) in [6, 6.07) is 8.02. The van der Waals surface area contributed by atoms with Gasteiger partial charge in [-0.2, -0.15) is 4.98 Å². The van der Waals surface area contributed by atoms with Gasteiger partial charge in [-0.25, -0.2) is 0 Å². The smallest absolute Gasteiger partial charge is 0.228 e. The van der Waals surface area contributed by atoms with Crippen molar-refractivity contribution >= 4 is 29.9 Å². The summed E-state index contributed by atoms with van der Waals surface area (Å²) in [4.78, 5) is 8.58. The van der Waals surface area contributed by atoms with E-state index in [4.69, 9.17) is 9.26 Å². The molecule has 1 aromatic carbocycles. The minimum Gasteiger partial charge on any atom is -0.496 e. The first-order valence-corrected chi connectivity index (χ1v) is 8.53. The third-order valence-electron chi connectivity index (χ3n) is 3.73. The van der Waals surface area contributed by atoms with Crippen molar-refractivity contribution in [3.8, 4) is 5.75 Å².